The largest absolute Gasteiger partial charge is 0.375 e. The monoisotopic (exact) mass is 427 g/mol. The van der Waals surface area contributed by atoms with Gasteiger partial charge in [0.2, 0.25) is 0 Å². The van der Waals surface area contributed by atoms with Crippen LogP contribution in [0.15, 0.2) is 54.6 Å². The van der Waals surface area contributed by atoms with Gasteiger partial charge in [-0.25, -0.2) is 0 Å². The van der Waals surface area contributed by atoms with Crippen molar-refractivity contribution in [3.8, 4) is 0 Å². The maximum absolute atomic E-state index is 13.3. The van der Waals surface area contributed by atoms with Gasteiger partial charge in [-0.05, 0) is 30.1 Å². The molecule has 2 heterocycles. The Bertz CT molecular complexity index is 829. The van der Waals surface area contributed by atoms with Crippen LogP contribution in [0, 0.1) is 6.92 Å². The van der Waals surface area contributed by atoms with Gasteiger partial charge in [0, 0.05) is 6.42 Å². The first kappa shape index (κ1) is 21.4. The summed E-state index contributed by atoms with van der Waals surface area (Å²) in [6.07, 6.45) is 2.08. The molecule has 0 spiro atoms. The molecule has 4 rings (SSSR count). The van der Waals surface area contributed by atoms with Gasteiger partial charge in [0.05, 0.1) is 25.9 Å². The Morgan fingerprint density at radius 2 is 1.93 bits per heavy atom. The second-order valence-electron chi connectivity index (χ2n) is 7.86. The highest BCUT2D eigenvalue weighted by atomic mass is 32.2. The number of amides is 1. The number of carbonyl (C=O) groups excluding carboxylic acids is 1. The molecule has 0 radical (unpaired) electrons. The first-order valence-electron chi connectivity index (χ1n) is 10.4. The van der Waals surface area contributed by atoms with Crippen molar-refractivity contribution in [2.24, 2.45) is 0 Å². The molecule has 30 heavy (non-hydrogen) atoms. The van der Waals surface area contributed by atoms with Gasteiger partial charge in [-0.1, -0.05) is 60.2 Å². The van der Waals surface area contributed by atoms with Gasteiger partial charge in [0.1, 0.15) is 12.3 Å². The Kier molecular flexibility index (Phi) is 7.10. The predicted octanol–water partition coefficient (Wildman–Crippen LogP) is 3.96. The van der Waals surface area contributed by atoms with E-state index in [0.29, 0.717) is 19.8 Å². The highest BCUT2D eigenvalue weighted by molar-refractivity contribution is 7.98. The average Bonchev–Trinajstić information content (AvgIpc) is 3.47. The minimum atomic E-state index is -0.428. The Hall–Kier alpha value is -1.86. The molecular formula is C24H29NO4S. The summed E-state index contributed by atoms with van der Waals surface area (Å²) in [6.45, 7) is 3.54. The van der Waals surface area contributed by atoms with Crippen molar-refractivity contribution >= 4 is 17.7 Å². The molecule has 6 heteroatoms. The second-order valence-corrected chi connectivity index (χ2v) is 8.84. The van der Waals surface area contributed by atoms with Gasteiger partial charge in [-0.3, -0.25) is 4.79 Å². The lowest BCUT2D eigenvalue weighted by Crippen LogP contribution is -2.46. The number of epoxide rings is 1. The third-order valence-electron chi connectivity index (χ3n) is 5.57. The fourth-order valence-corrected chi connectivity index (χ4v) is 4.29. The van der Waals surface area contributed by atoms with Crippen LogP contribution in [0.25, 0.3) is 0 Å². The van der Waals surface area contributed by atoms with Crippen LogP contribution in [0.3, 0.4) is 0 Å². The van der Waals surface area contributed by atoms with Crippen LogP contribution < -0.4 is 0 Å². The summed E-state index contributed by atoms with van der Waals surface area (Å²) in [5.74, 6) is 0.955. The lowest BCUT2D eigenvalue weighted by Gasteiger charge is -2.27. The average molecular weight is 428 g/mol. The lowest BCUT2D eigenvalue weighted by atomic mass is 10.1. The van der Waals surface area contributed by atoms with E-state index in [1.165, 1.54) is 5.56 Å². The molecule has 0 aliphatic carbocycles. The third-order valence-corrected chi connectivity index (χ3v) is 6.21. The van der Waals surface area contributed by atoms with Crippen molar-refractivity contribution in [1.82, 2.24) is 4.90 Å². The predicted molar refractivity (Wildman–Crippen MR) is 118 cm³/mol. The number of hydrogen-bond acceptors (Lipinski definition) is 5. The molecule has 160 valence electrons. The van der Waals surface area contributed by atoms with E-state index in [4.69, 9.17) is 14.2 Å². The molecule has 2 aromatic rings. The summed E-state index contributed by atoms with van der Waals surface area (Å²) in [7, 11) is 0. The lowest BCUT2D eigenvalue weighted by molar-refractivity contribution is -0.140. The molecule has 1 amide bonds. The van der Waals surface area contributed by atoms with E-state index in [1.54, 1.807) is 11.8 Å². The van der Waals surface area contributed by atoms with Crippen molar-refractivity contribution in [2.75, 3.05) is 25.2 Å². The van der Waals surface area contributed by atoms with Crippen molar-refractivity contribution in [3.63, 3.8) is 0 Å². The normalized spacial score (nSPS) is 25.5. The first-order chi connectivity index (χ1) is 14.7. The van der Waals surface area contributed by atoms with Crippen molar-refractivity contribution in [1.29, 1.82) is 0 Å². The van der Waals surface area contributed by atoms with E-state index in [-0.39, 0.29) is 24.3 Å². The van der Waals surface area contributed by atoms with E-state index in [2.05, 4.69) is 25.3 Å². The van der Waals surface area contributed by atoms with Gasteiger partial charge in [-0.15, -0.1) is 0 Å². The number of thioether (sulfide) groups is 1. The first-order valence-corrected chi connectivity index (χ1v) is 11.8. The van der Waals surface area contributed by atoms with Gasteiger partial charge < -0.3 is 19.1 Å². The maximum atomic E-state index is 13.3. The Morgan fingerprint density at radius 1 is 1.17 bits per heavy atom. The minimum Gasteiger partial charge on any atom is -0.375 e. The Labute approximate surface area is 182 Å². The van der Waals surface area contributed by atoms with E-state index in [0.717, 1.165) is 23.3 Å². The summed E-state index contributed by atoms with van der Waals surface area (Å²) in [4.78, 5) is 15.2. The number of hydrogen-bond donors (Lipinski definition) is 0. The fourth-order valence-electron chi connectivity index (χ4n) is 3.85. The van der Waals surface area contributed by atoms with Crippen molar-refractivity contribution < 1.29 is 19.0 Å². The molecule has 5 nitrogen and oxygen atoms in total. The SMILES string of the molecule is CSCC[C@H]1OC[C@H](COCc2ccccc2)N1C(=O)[C@H]1O[C@@H]1c1ccc(C)cc1. The summed E-state index contributed by atoms with van der Waals surface area (Å²) >= 11 is 1.76. The number of ether oxygens (including phenoxy) is 3. The van der Waals surface area contributed by atoms with E-state index < -0.39 is 6.10 Å². The zero-order chi connectivity index (χ0) is 20.9. The van der Waals surface area contributed by atoms with Crippen LogP contribution in [0.1, 0.15) is 29.2 Å². The standard InChI is InChI=1S/C24H29NO4S/c1-17-8-10-19(11-9-17)22-23(29-22)24(26)25-20(16-28-21(25)12-13-30-2)15-27-14-18-6-4-3-5-7-18/h3-11,20-23H,12-16H2,1-2H3/t20-,21+,22+,23-/m0/s1. The van der Waals surface area contributed by atoms with Crippen LogP contribution in [-0.2, 0) is 25.6 Å². The number of aryl methyl sites for hydroxylation is 1. The minimum absolute atomic E-state index is 0.0116. The molecule has 0 unspecified atom stereocenters. The molecule has 2 aliphatic heterocycles. The van der Waals surface area contributed by atoms with Gasteiger partial charge >= 0.3 is 0 Å². The van der Waals surface area contributed by atoms with E-state index in [1.807, 2.05) is 47.4 Å². The second kappa shape index (κ2) is 9.96. The summed E-state index contributed by atoms with van der Waals surface area (Å²) < 4.78 is 17.7. The highest BCUT2D eigenvalue weighted by Gasteiger charge is 2.51. The molecule has 0 bridgehead atoms. The maximum Gasteiger partial charge on any atom is 0.257 e. The topological polar surface area (TPSA) is 51.3 Å². The van der Waals surface area contributed by atoms with Crippen LogP contribution >= 0.6 is 11.8 Å². The van der Waals surface area contributed by atoms with Crippen LogP contribution in [0.5, 0.6) is 0 Å². The van der Waals surface area contributed by atoms with Crippen LogP contribution in [-0.4, -0.2) is 54.4 Å². The molecule has 0 aromatic heterocycles. The molecule has 0 N–H and O–H groups in total. The summed E-state index contributed by atoms with van der Waals surface area (Å²) in [5.41, 5.74) is 3.37. The van der Waals surface area contributed by atoms with Gasteiger partial charge in [-0.2, -0.15) is 11.8 Å². The number of carbonyl (C=O) groups is 1. The van der Waals surface area contributed by atoms with E-state index >= 15 is 0 Å². The molecule has 2 saturated heterocycles. The van der Waals surface area contributed by atoms with Crippen LogP contribution in [0.2, 0.25) is 0 Å². The number of rotatable bonds is 9. The van der Waals surface area contributed by atoms with E-state index in [9.17, 15) is 4.79 Å². The highest BCUT2D eigenvalue weighted by Crippen LogP contribution is 2.41. The Morgan fingerprint density at radius 3 is 2.67 bits per heavy atom. The molecule has 0 saturated carbocycles. The van der Waals surface area contributed by atoms with Gasteiger partial charge in [0.15, 0.2) is 6.10 Å². The zero-order valence-corrected chi connectivity index (χ0v) is 18.3. The quantitative estimate of drug-likeness (QED) is 0.567. The molecule has 2 aromatic carbocycles. The van der Waals surface area contributed by atoms with Crippen molar-refractivity contribution in [2.45, 2.75) is 44.4 Å². The summed E-state index contributed by atoms with van der Waals surface area (Å²) in [5, 5.41) is 0. The van der Waals surface area contributed by atoms with Crippen molar-refractivity contribution in [3.05, 3.63) is 71.3 Å². The molecular weight excluding hydrogens is 398 g/mol. The smallest absolute Gasteiger partial charge is 0.257 e. The molecule has 4 atom stereocenters. The number of nitrogens with zero attached hydrogens (tertiary/aromatic N) is 1. The zero-order valence-electron chi connectivity index (χ0n) is 17.5. The van der Waals surface area contributed by atoms with Crippen LogP contribution in [0.4, 0.5) is 0 Å². The van der Waals surface area contributed by atoms with Gasteiger partial charge in [0.25, 0.3) is 5.91 Å². The fraction of sp³-hybridized carbons (Fsp3) is 0.458. The third kappa shape index (κ3) is 5.06. The Balaban J connectivity index is 1.39. The summed E-state index contributed by atoms with van der Waals surface area (Å²) in [6, 6.07) is 18.2. The number of benzene rings is 2. The molecule has 2 aliphatic rings. The molecule has 2 fully saturated rings.